The summed E-state index contributed by atoms with van der Waals surface area (Å²) >= 11 is 1.35. The van der Waals surface area contributed by atoms with Gasteiger partial charge in [-0.1, -0.05) is 38.2 Å². The molecule has 0 radical (unpaired) electrons. The number of benzene rings is 1. The molecule has 2 aromatic rings. The summed E-state index contributed by atoms with van der Waals surface area (Å²) in [6.45, 7) is 5.90. The van der Waals surface area contributed by atoms with Gasteiger partial charge in [0.05, 0.1) is 7.11 Å². The highest BCUT2D eigenvalue weighted by Crippen LogP contribution is 2.35. The number of nitrogens with zero attached hydrogens (tertiary/aromatic N) is 2. The molecular weight excluding hydrogens is 274 g/mol. The molecule has 0 saturated carbocycles. The summed E-state index contributed by atoms with van der Waals surface area (Å²) in [5.41, 5.74) is 0.615. The molecule has 2 N–H and O–H groups in total. The van der Waals surface area contributed by atoms with Gasteiger partial charge in [0.1, 0.15) is 16.9 Å². The lowest BCUT2D eigenvalue weighted by molar-refractivity contribution is 0.0618. The van der Waals surface area contributed by atoms with Gasteiger partial charge in [-0.25, -0.2) is 0 Å². The predicted molar refractivity (Wildman–Crippen MR) is 80.6 cm³/mol. The molecule has 1 atom stereocenters. The third-order valence-corrected chi connectivity index (χ3v) is 3.71. The number of methoxy groups -OCH3 is 1. The number of rotatable bonds is 4. The number of anilines is 2. The highest BCUT2D eigenvalue weighted by atomic mass is 32.1. The van der Waals surface area contributed by atoms with Gasteiger partial charge in [0.25, 0.3) is 0 Å². The Bertz CT molecular complexity index is 578. The van der Waals surface area contributed by atoms with E-state index in [1.54, 1.807) is 7.11 Å². The fraction of sp³-hybridized carbons (Fsp3) is 0.429. The molecule has 0 spiro atoms. The highest BCUT2D eigenvalue weighted by molar-refractivity contribution is 7.15. The molecule has 2 rings (SSSR count). The topological polar surface area (TPSA) is 67.3 Å². The Morgan fingerprint density at radius 1 is 1.30 bits per heavy atom. The van der Waals surface area contributed by atoms with Crippen LogP contribution in [0.25, 0.3) is 0 Å². The molecule has 0 fully saturated rings. The Balaban J connectivity index is 2.13. The Hall–Kier alpha value is -1.66. The van der Waals surface area contributed by atoms with Gasteiger partial charge in [-0.2, -0.15) is 0 Å². The maximum Gasteiger partial charge on any atom is 0.210 e. The first-order chi connectivity index (χ1) is 9.40. The lowest BCUT2D eigenvalue weighted by Gasteiger charge is -2.23. The van der Waals surface area contributed by atoms with E-state index in [0.29, 0.717) is 10.1 Å². The third kappa shape index (κ3) is 3.46. The summed E-state index contributed by atoms with van der Waals surface area (Å²) in [5.74, 6) is 0.773. The average Bonchev–Trinajstić information content (AvgIpc) is 2.85. The Kier molecular flexibility index (Phi) is 4.25. The van der Waals surface area contributed by atoms with Crippen molar-refractivity contribution in [2.24, 2.45) is 5.41 Å². The van der Waals surface area contributed by atoms with Crippen LogP contribution in [0.1, 0.15) is 31.9 Å². The first-order valence-electron chi connectivity index (χ1n) is 6.32. The van der Waals surface area contributed by atoms with Crippen LogP contribution in [0.4, 0.5) is 10.8 Å². The van der Waals surface area contributed by atoms with Crippen LogP contribution in [-0.4, -0.2) is 22.4 Å². The summed E-state index contributed by atoms with van der Waals surface area (Å²) < 4.78 is 5.17. The summed E-state index contributed by atoms with van der Waals surface area (Å²) in [6.07, 6.45) is -0.624. The number of hydrogen-bond donors (Lipinski definition) is 2. The summed E-state index contributed by atoms with van der Waals surface area (Å²) in [5, 5.41) is 22.7. The molecule has 0 amide bonds. The highest BCUT2D eigenvalue weighted by Gasteiger charge is 2.27. The van der Waals surface area contributed by atoms with Crippen LogP contribution in [0.3, 0.4) is 0 Å². The van der Waals surface area contributed by atoms with E-state index < -0.39 is 6.10 Å². The first-order valence-corrected chi connectivity index (χ1v) is 7.14. The first kappa shape index (κ1) is 14.7. The van der Waals surface area contributed by atoms with E-state index >= 15 is 0 Å². The Morgan fingerprint density at radius 3 is 2.70 bits per heavy atom. The number of nitrogens with one attached hydrogen (secondary N) is 1. The zero-order chi connectivity index (χ0) is 14.8. The number of aromatic nitrogens is 2. The van der Waals surface area contributed by atoms with Crippen molar-refractivity contribution in [2.75, 3.05) is 12.4 Å². The molecule has 0 aliphatic rings. The second-order valence-electron chi connectivity index (χ2n) is 5.57. The summed E-state index contributed by atoms with van der Waals surface area (Å²) in [7, 11) is 1.63. The minimum atomic E-state index is -0.624. The molecule has 1 heterocycles. The fourth-order valence-electron chi connectivity index (χ4n) is 1.59. The van der Waals surface area contributed by atoms with E-state index in [0.717, 1.165) is 11.4 Å². The van der Waals surface area contributed by atoms with Crippen molar-refractivity contribution in [3.05, 3.63) is 29.3 Å². The van der Waals surface area contributed by atoms with E-state index in [9.17, 15) is 5.11 Å². The summed E-state index contributed by atoms with van der Waals surface area (Å²) in [4.78, 5) is 0. The van der Waals surface area contributed by atoms with Crippen LogP contribution >= 0.6 is 11.3 Å². The van der Waals surface area contributed by atoms with Gasteiger partial charge in [0.15, 0.2) is 0 Å². The standard InChI is InChI=1S/C14H19N3O2S/c1-14(2,3)11(18)12-16-17-13(20-12)15-9-6-5-7-10(8-9)19-4/h5-8,11,18H,1-4H3,(H,15,17). The molecule has 0 bridgehead atoms. The SMILES string of the molecule is COc1cccc(Nc2nnc(C(O)C(C)(C)C)s2)c1. The summed E-state index contributed by atoms with van der Waals surface area (Å²) in [6, 6.07) is 7.57. The minimum Gasteiger partial charge on any atom is -0.497 e. The van der Waals surface area contributed by atoms with Crippen molar-refractivity contribution in [2.45, 2.75) is 26.9 Å². The van der Waals surface area contributed by atoms with E-state index in [-0.39, 0.29) is 5.41 Å². The van der Waals surface area contributed by atoms with Crippen LogP contribution in [-0.2, 0) is 0 Å². The average molecular weight is 293 g/mol. The molecule has 20 heavy (non-hydrogen) atoms. The van der Waals surface area contributed by atoms with Crippen molar-refractivity contribution in [1.82, 2.24) is 10.2 Å². The van der Waals surface area contributed by atoms with E-state index in [2.05, 4.69) is 15.5 Å². The second kappa shape index (κ2) is 5.76. The van der Waals surface area contributed by atoms with E-state index in [1.165, 1.54) is 11.3 Å². The van der Waals surface area contributed by atoms with Crippen LogP contribution in [0.2, 0.25) is 0 Å². The number of aliphatic hydroxyl groups excluding tert-OH is 1. The van der Waals surface area contributed by atoms with Crippen LogP contribution in [0.15, 0.2) is 24.3 Å². The molecule has 0 saturated heterocycles. The molecule has 1 unspecified atom stereocenters. The maximum atomic E-state index is 10.2. The van der Waals surface area contributed by atoms with Gasteiger partial charge >= 0.3 is 0 Å². The van der Waals surface area contributed by atoms with Crippen LogP contribution in [0, 0.1) is 5.41 Å². The molecule has 1 aromatic carbocycles. The van der Waals surface area contributed by atoms with E-state index in [1.807, 2.05) is 45.0 Å². The molecule has 6 heteroatoms. The molecule has 1 aromatic heterocycles. The van der Waals surface area contributed by atoms with Gasteiger partial charge in [0.2, 0.25) is 5.13 Å². The van der Waals surface area contributed by atoms with Crippen molar-refractivity contribution in [3.63, 3.8) is 0 Å². The maximum absolute atomic E-state index is 10.2. The third-order valence-electron chi connectivity index (χ3n) is 2.82. The normalized spacial score (nSPS) is 13.1. The van der Waals surface area contributed by atoms with Gasteiger partial charge in [-0.15, -0.1) is 10.2 Å². The second-order valence-corrected chi connectivity index (χ2v) is 6.58. The fourth-order valence-corrected chi connectivity index (χ4v) is 2.59. The number of ether oxygens (including phenoxy) is 1. The molecule has 0 aliphatic heterocycles. The molecule has 5 nitrogen and oxygen atoms in total. The van der Waals surface area contributed by atoms with Crippen molar-refractivity contribution < 1.29 is 9.84 Å². The predicted octanol–water partition coefficient (Wildman–Crippen LogP) is 3.37. The largest absolute Gasteiger partial charge is 0.497 e. The number of aliphatic hydroxyl groups is 1. The van der Waals surface area contributed by atoms with Crippen molar-refractivity contribution in [3.8, 4) is 5.75 Å². The van der Waals surface area contributed by atoms with Crippen LogP contribution in [0.5, 0.6) is 5.75 Å². The van der Waals surface area contributed by atoms with Gasteiger partial charge in [0, 0.05) is 11.8 Å². The quantitative estimate of drug-likeness (QED) is 0.904. The monoisotopic (exact) mass is 293 g/mol. The lowest BCUT2D eigenvalue weighted by Crippen LogP contribution is -2.17. The zero-order valence-electron chi connectivity index (χ0n) is 12.0. The minimum absolute atomic E-state index is 0.257. The van der Waals surface area contributed by atoms with Crippen LogP contribution < -0.4 is 10.1 Å². The smallest absolute Gasteiger partial charge is 0.210 e. The Labute approximate surface area is 122 Å². The number of hydrogen-bond acceptors (Lipinski definition) is 6. The zero-order valence-corrected chi connectivity index (χ0v) is 12.9. The van der Waals surface area contributed by atoms with Gasteiger partial charge in [-0.3, -0.25) is 0 Å². The van der Waals surface area contributed by atoms with Gasteiger partial charge < -0.3 is 15.2 Å². The lowest BCUT2D eigenvalue weighted by atomic mass is 9.90. The molecular formula is C14H19N3O2S. The van der Waals surface area contributed by atoms with Crippen molar-refractivity contribution >= 4 is 22.2 Å². The Morgan fingerprint density at radius 2 is 2.05 bits per heavy atom. The van der Waals surface area contributed by atoms with Gasteiger partial charge in [-0.05, 0) is 17.5 Å². The molecule has 108 valence electrons. The van der Waals surface area contributed by atoms with E-state index in [4.69, 9.17) is 4.74 Å². The van der Waals surface area contributed by atoms with Crippen molar-refractivity contribution in [1.29, 1.82) is 0 Å². The molecule has 0 aliphatic carbocycles.